The standard InChI is InChI=1S/C10H13NO/c1-8(12)10-6-4-5-9(10)7-11(2)3/h4-7H,1-3H3/b9-7-. The van der Waals surface area contributed by atoms with Crippen molar-refractivity contribution in [3.63, 3.8) is 0 Å². The average molecular weight is 163 g/mol. The highest BCUT2D eigenvalue weighted by Crippen LogP contribution is 2.18. The fourth-order valence-electron chi connectivity index (χ4n) is 1.15. The number of hydrogen-bond donors (Lipinski definition) is 0. The maximum absolute atomic E-state index is 11.1. The number of nitrogens with zero attached hydrogens (tertiary/aromatic N) is 1. The predicted octanol–water partition coefficient (Wildman–Crippen LogP) is 1.52. The first kappa shape index (κ1) is 8.78. The Hall–Kier alpha value is -1.31. The Kier molecular flexibility index (Phi) is 2.48. The van der Waals surface area contributed by atoms with E-state index in [2.05, 4.69) is 0 Å². The van der Waals surface area contributed by atoms with Crippen molar-refractivity contribution in [3.8, 4) is 0 Å². The maximum Gasteiger partial charge on any atom is 0.160 e. The first-order valence-electron chi connectivity index (χ1n) is 3.89. The predicted molar refractivity (Wildman–Crippen MR) is 49.7 cm³/mol. The molecule has 0 saturated heterocycles. The average Bonchev–Trinajstić information content (AvgIpc) is 2.33. The van der Waals surface area contributed by atoms with E-state index in [1.165, 1.54) is 0 Å². The van der Waals surface area contributed by atoms with Gasteiger partial charge >= 0.3 is 0 Å². The lowest BCUT2D eigenvalue weighted by atomic mass is 10.1. The van der Waals surface area contributed by atoms with Crippen LogP contribution >= 0.6 is 0 Å². The quantitative estimate of drug-likeness (QED) is 0.615. The van der Waals surface area contributed by atoms with Crippen LogP contribution in [0, 0.1) is 0 Å². The Labute approximate surface area is 72.9 Å². The van der Waals surface area contributed by atoms with Crippen LogP contribution in [0.25, 0.3) is 0 Å². The van der Waals surface area contributed by atoms with Crippen molar-refractivity contribution in [2.24, 2.45) is 0 Å². The van der Waals surface area contributed by atoms with Gasteiger partial charge in [0.15, 0.2) is 5.78 Å². The zero-order chi connectivity index (χ0) is 9.14. The summed E-state index contributed by atoms with van der Waals surface area (Å²) in [6, 6.07) is 0. The van der Waals surface area contributed by atoms with Crippen LogP contribution in [0.15, 0.2) is 35.6 Å². The molecule has 0 unspecified atom stereocenters. The number of ketones is 1. The normalized spacial score (nSPS) is 18.2. The van der Waals surface area contributed by atoms with Gasteiger partial charge in [-0.2, -0.15) is 0 Å². The van der Waals surface area contributed by atoms with E-state index in [-0.39, 0.29) is 5.78 Å². The van der Waals surface area contributed by atoms with Crippen LogP contribution in [-0.4, -0.2) is 24.8 Å². The summed E-state index contributed by atoms with van der Waals surface area (Å²) in [5, 5.41) is 0. The van der Waals surface area contributed by atoms with E-state index in [1.54, 1.807) is 6.92 Å². The molecule has 0 heterocycles. The molecular weight excluding hydrogens is 150 g/mol. The zero-order valence-corrected chi connectivity index (χ0v) is 7.66. The van der Waals surface area contributed by atoms with E-state index in [4.69, 9.17) is 0 Å². The molecule has 1 rings (SSSR count). The van der Waals surface area contributed by atoms with E-state index in [0.717, 1.165) is 11.1 Å². The van der Waals surface area contributed by atoms with Crippen LogP contribution in [-0.2, 0) is 4.79 Å². The molecule has 0 fully saturated rings. The van der Waals surface area contributed by atoms with E-state index in [1.807, 2.05) is 43.4 Å². The largest absolute Gasteiger partial charge is 0.383 e. The number of hydrogen-bond acceptors (Lipinski definition) is 2. The molecule has 0 radical (unpaired) electrons. The van der Waals surface area contributed by atoms with Gasteiger partial charge in [0.05, 0.1) is 0 Å². The molecule has 1 aliphatic carbocycles. The highest BCUT2D eigenvalue weighted by molar-refractivity contribution is 5.99. The number of carbonyl (C=O) groups is 1. The highest BCUT2D eigenvalue weighted by Gasteiger charge is 2.10. The van der Waals surface area contributed by atoms with Crippen molar-refractivity contribution >= 4 is 5.78 Å². The summed E-state index contributed by atoms with van der Waals surface area (Å²) in [5.41, 5.74) is 1.79. The molecule has 0 aliphatic heterocycles. The van der Waals surface area contributed by atoms with Crippen molar-refractivity contribution in [1.82, 2.24) is 4.90 Å². The molecule has 0 atom stereocenters. The molecule has 12 heavy (non-hydrogen) atoms. The fraction of sp³-hybridized carbons (Fsp3) is 0.300. The smallest absolute Gasteiger partial charge is 0.160 e. The Morgan fingerprint density at radius 1 is 1.50 bits per heavy atom. The summed E-state index contributed by atoms with van der Waals surface area (Å²) < 4.78 is 0. The molecule has 0 saturated carbocycles. The van der Waals surface area contributed by atoms with Gasteiger partial charge in [0.1, 0.15) is 0 Å². The minimum Gasteiger partial charge on any atom is -0.383 e. The summed E-state index contributed by atoms with van der Waals surface area (Å²) in [7, 11) is 3.88. The van der Waals surface area contributed by atoms with Gasteiger partial charge in [-0.15, -0.1) is 0 Å². The lowest BCUT2D eigenvalue weighted by Crippen LogP contribution is -2.05. The second-order valence-electron chi connectivity index (χ2n) is 3.04. The Balaban J connectivity index is 2.88. The van der Waals surface area contributed by atoms with E-state index in [0.29, 0.717) is 0 Å². The molecule has 0 spiro atoms. The number of carbonyl (C=O) groups excluding carboxylic acids is 1. The molecule has 0 bridgehead atoms. The van der Waals surface area contributed by atoms with Crippen molar-refractivity contribution < 1.29 is 4.79 Å². The Morgan fingerprint density at radius 2 is 2.17 bits per heavy atom. The van der Waals surface area contributed by atoms with Crippen LogP contribution in [0.2, 0.25) is 0 Å². The van der Waals surface area contributed by atoms with Crippen molar-refractivity contribution in [1.29, 1.82) is 0 Å². The van der Waals surface area contributed by atoms with Gasteiger partial charge in [0, 0.05) is 31.4 Å². The fourth-order valence-corrected chi connectivity index (χ4v) is 1.15. The molecule has 0 aromatic rings. The lowest BCUT2D eigenvalue weighted by molar-refractivity contribution is -0.113. The summed E-state index contributed by atoms with van der Waals surface area (Å²) >= 11 is 0. The molecule has 64 valence electrons. The first-order chi connectivity index (χ1) is 5.61. The Bertz CT molecular complexity index is 282. The maximum atomic E-state index is 11.1. The van der Waals surface area contributed by atoms with Crippen molar-refractivity contribution in [2.45, 2.75) is 6.92 Å². The summed E-state index contributed by atoms with van der Waals surface area (Å²) in [6.45, 7) is 1.59. The van der Waals surface area contributed by atoms with Crippen molar-refractivity contribution in [3.05, 3.63) is 35.6 Å². The van der Waals surface area contributed by atoms with Gasteiger partial charge in [0.2, 0.25) is 0 Å². The van der Waals surface area contributed by atoms with Gasteiger partial charge in [-0.3, -0.25) is 4.79 Å². The minimum atomic E-state index is 0.119. The van der Waals surface area contributed by atoms with Crippen LogP contribution in [0.3, 0.4) is 0 Å². The lowest BCUT2D eigenvalue weighted by Gasteiger charge is -2.07. The topological polar surface area (TPSA) is 20.3 Å². The van der Waals surface area contributed by atoms with Crippen LogP contribution in [0.1, 0.15) is 6.92 Å². The third-order valence-corrected chi connectivity index (χ3v) is 1.63. The number of rotatable bonds is 2. The van der Waals surface area contributed by atoms with Gasteiger partial charge in [-0.25, -0.2) is 0 Å². The highest BCUT2D eigenvalue weighted by atomic mass is 16.1. The SMILES string of the molecule is CC(=O)C1=CC=C/C1=C/N(C)C. The minimum absolute atomic E-state index is 0.119. The molecule has 0 N–H and O–H groups in total. The number of Topliss-reactive ketones (excluding diaryl/α,β-unsaturated/α-hetero) is 1. The number of allylic oxidation sites excluding steroid dienone is 5. The Morgan fingerprint density at radius 3 is 2.67 bits per heavy atom. The molecular formula is C10H13NO. The molecule has 0 amide bonds. The van der Waals surface area contributed by atoms with Crippen molar-refractivity contribution in [2.75, 3.05) is 14.1 Å². The summed E-state index contributed by atoms with van der Waals surface area (Å²) in [5.74, 6) is 0.119. The third-order valence-electron chi connectivity index (χ3n) is 1.63. The molecule has 1 aliphatic rings. The van der Waals surface area contributed by atoms with Gasteiger partial charge in [-0.05, 0) is 6.92 Å². The first-order valence-corrected chi connectivity index (χ1v) is 3.89. The van der Waals surface area contributed by atoms with Crippen LogP contribution in [0.5, 0.6) is 0 Å². The molecule has 2 heteroatoms. The van der Waals surface area contributed by atoms with Gasteiger partial charge < -0.3 is 4.90 Å². The zero-order valence-electron chi connectivity index (χ0n) is 7.66. The van der Waals surface area contributed by atoms with E-state index < -0.39 is 0 Å². The molecule has 0 aromatic carbocycles. The molecule has 2 nitrogen and oxygen atoms in total. The molecule has 0 aromatic heterocycles. The van der Waals surface area contributed by atoms with E-state index >= 15 is 0 Å². The monoisotopic (exact) mass is 163 g/mol. The summed E-state index contributed by atoms with van der Waals surface area (Å²) in [4.78, 5) is 13.0. The second-order valence-corrected chi connectivity index (χ2v) is 3.04. The second kappa shape index (κ2) is 3.39. The van der Waals surface area contributed by atoms with Gasteiger partial charge in [-0.1, -0.05) is 18.2 Å². The van der Waals surface area contributed by atoms with Gasteiger partial charge in [0.25, 0.3) is 0 Å². The van der Waals surface area contributed by atoms with E-state index in [9.17, 15) is 4.79 Å². The van der Waals surface area contributed by atoms with Crippen LogP contribution in [0.4, 0.5) is 0 Å². The summed E-state index contributed by atoms with van der Waals surface area (Å²) in [6.07, 6.45) is 7.62. The third kappa shape index (κ3) is 1.84. The van der Waals surface area contributed by atoms with Crippen LogP contribution < -0.4 is 0 Å².